The van der Waals surface area contributed by atoms with Crippen molar-refractivity contribution < 1.29 is 4.74 Å². The average Bonchev–Trinajstić information content (AvgIpc) is 2.47. The summed E-state index contributed by atoms with van der Waals surface area (Å²) in [7, 11) is 0. The largest absolute Gasteiger partial charge is 0.457 e. The Labute approximate surface area is 109 Å². The highest BCUT2D eigenvalue weighted by Crippen LogP contribution is 2.24. The van der Waals surface area contributed by atoms with E-state index in [1.54, 1.807) is 24.5 Å². The second-order valence-electron chi connectivity index (χ2n) is 3.95. The van der Waals surface area contributed by atoms with E-state index in [-0.39, 0.29) is 0 Å². The number of aromatic nitrogens is 2. The fourth-order valence-corrected chi connectivity index (χ4v) is 1.78. The summed E-state index contributed by atoms with van der Waals surface area (Å²) in [5, 5.41) is 9.85. The SMILES string of the molecule is N#Cc1cc(Oc2ccc3cccnc3c2)ccn1. The predicted octanol–water partition coefficient (Wildman–Crippen LogP) is 3.29. The molecule has 0 fully saturated rings. The minimum Gasteiger partial charge on any atom is -0.457 e. The van der Waals surface area contributed by atoms with Gasteiger partial charge in [-0.1, -0.05) is 6.07 Å². The lowest BCUT2D eigenvalue weighted by Crippen LogP contribution is -1.88. The van der Waals surface area contributed by atoms with E-state index < -0.39 is 0 Å². The highest BCUT2D eigenvalue weighted by atomic mass is 16.5. The van der Waals surface area contributed by atoms with Crippen LogP contribution >= 0.6 is 0 Å². The molecule has 1 aromatic carbocycles. The molecule has 90 valence electrons. The number of rotatable bonds is 2. The Morgan fingerprint density at radius 3 is 2.74 bits per heavy atom. The van der Waals surface area contributed by atoms with Crippen molar-refractivity contribution in [1.29, 1.82) is 5.26 Å². The minimum atomic E-state index is 0.330. The topological polar surface area (TPSA) is 58.8 Å². The van der Waals surface area contributed by atoms with Crippen molar-refractivity contribution in [1.82, 2.24) is 9.97 Å². The molecule has 0 spiro atoms. The maximum absolute atomic E-state index is 8.79. The molecule has 0 N–H and O–H groups in total. The molecule has 0 saturated carbocycles. The first-order valence-corrected chi connectivity index (χ1v) is 5.74. The Hall–Kier alpha value is -2.93. The molecule has 0 atom stereocenters. The van der Waals surface area contributed by atoms with Crippen molar-refractivity contribution in [3.05, 3.63) is 60.6 Å². The lowest BCUT2D eigenvalue weighted by atomic mass is 10.2. The summed E-state index contributed by atoms with van der Waals surface area (Å²) in [6, 6.07) is 14.9. The number of ether oxygens (including phenoxy) is 1. The zero-order valence-corrected chi connectivity index (χ0v) is 9.95. The molecular formula is C15H9N3O. The summed E-state index contributed by atoms with van der Waals surface area (Å²) in [6.07, 6.45) is 3.29. The van der Waals surface area contributed by atoms with Gasteiger partial charge in [-0.15, -0.1) is 0 Å². The molecule has 0 aliphatic rings. The molecule has 0 amide bonds. The van der Waals surface area contributed by atoms with Gasteiger partial charge in [0.2, 0.25) is 0 Å². The third kappa shape index (κ3) is 2.35. The Morgan fingerprint density at radius 1 is 0.947 bits per heavy atom. The van der Waals surface area contributed by atoms with Gasteiger partial charge in [0.15, 0.2) is 0 Å². The lowest BCUT2D eigenvalue weighted by molar-refractivity contribution is 0.482. The Bertz CT molecular complexity index is 777. The highest BCUT2D eigenvalue weighted by Gasteiger charge is 2.01. The Morgan fingerprint density at radius 2 is 1.84 bits per heavy atom. The lowest BCUT2D eigenvalue weighted by Gasteiger charge is -2.06. The zero-order chi connectivity index (χ0) is 13.1. The van der Waals surface area contributed by atoms with Crippen molar-refractivity contribution in [2.24, 2.45) is 0 Å². The molecule has 0 aliphatic carbocycles. The van der Waals surface area contributed by atoms with Crippen LogP contribution in [0.3, 0.4) is 0 Å². The van der Waals surface area contributed by atoms with Crippen LogP contribution in [-0.4, -0.2) is 9.97 Å². The molecule has 0 bridgehead atoms. The van der Waals surface area contributed by atoms with E-state index in [0.29, 0.717) is 17.2 Å². The van der Waals surface area contributed by atoms with Crippen molar-refractivity contribution in [2.75, 3.05) is 0 Å². The Balaban J connectivity index is 1.94. The number of hydrogen-bond acceptors (Lipinski definition) is 4. The van der Waals surface area contributed by atoms with Crippen LogP contribution in [0.4, 0.5) is 0 Å². The molecule has 0 radical (unpaired) electrons. The molecule has 3 aromatic rings. The van der Waals surface area contributed by atoms with E-state index >= 15 is 0 Å². The van der Waals surface area contributed by atoms with Gasteiger partial charge in [-0.05, 0) is 24.3 Å². The maximum Gasteiger partial charge on any atom is 0.144 e. The molecule has 19 heavy (non-hydrogen) atoms. The molecule has 2 aromatic heterocycles. The summed E-state index contributed by atoms with van der Waals surface area (Å²) in [4.78, 5) is 8.17. The zero-order valence-electron chi connectivity index (χ0n) is 9.95. The maximum atomic E-state index is 8.79. The van der Waals surface area contributed by atoms with Gasteiger partial charge in [0.05, 0.1) is 5.52 Å². The highest BCUT2D eigenvalue weighted by molar-refractivity contribution is 5.79. The van der Waals surface area contributed by atoms with E-state index in [0.717, 1.165) is 10.9 Å². The molecular weight excluding hydrogens is 238 g/mol. The van der Waals surface area contributed by atoms with Crippen LogP contribution in [0.5, 0.6) is 11.5 Å². The smallest absolute Gasteiger partial charge is 0.144 e. The summed E-state index contributed by atoms with van der Waals surface area (Å²) >= 11 is 0. The quantitative estimate of drug-likeness (QED) is 0.697. The predicted molar refractivity (Wildman–Crippen MR) is 70.8 cm³/mol. The van der Waals surface area contributed by atoms with Crippen molar-refractivity contribution in [3.63, 3.8) is 0 Å². The van der Waals surface area contributed by atoms with Gasteiger partial charge in [0, 0.05) is 29.9 Å². The molecule has 2 heterocycles. The van der Waals surface area contributed by atoms with Crippen LogP contribution in [0.25, 0.3) is 10.9 Å². The summed E-state index contributed by atoms with van der Waals surface area (Å²) in [6.45, 7) is 0. The first-order chi connectivity index (χ1) is 9.35. The fourth-order valence-electron chi connectivity index (χ4n) is 1.78. The van der Waals surface area contributed by atoms with Crippen molar-refractivity contribution in [3.8, 4) is 17.6 Å². The number of fused-ring (bicyclic) bond motifs is 1. The number of hydrogen-bond donors (Lipinski definition) is 0. The van der Waals surface area contributed by atoms with E-state index in [1.807, 2.05) is 36.4 Å². The van der Waals surface area contributed by atoms with Crippen LogP contribution in [0.1, 0.15) is 5.69 Å². The second kappa shape index (κ2) is 4.75. The van der Waals surface area contributed by atoms with E-state index in [9.17, 15) is 0 Å². The number of pyridine rings is 2. The van der Waals surface area contributed by atoms with Gasteiger partial charge in [-0.3, -0.25) is 4.98 Å². The Kier molecular flexibility index (Phi) is 2.79. The second-order valence-corrected chi connectivity index (χ2v) is 3.95. The van der Waals surface area contributed by atoms with Crippen LogP contribution in [0.2, 0.25) is 0 Å². The molecule has 3 rings (SSSR count). The molecule has 0 aliphatic heterocycles. The van der Waals surface area contributed by atoms with Gasteiger partial charge < -0.3 is 4.74 Å². The summed E-state index contributed by atoms with van der Waals surface area (Å²) < 4.78 is 5.70. The van der Waals surface area contributed by atoms with Crippen LogP contribution < -0.4 is 4.74 Å². The van der Waals surface area contributed by atoms with Gasteiger partial charge >= 0.3 is 0 Å². The van der Waals surface area contributed by atoms with Gasteiger partial charge in [-0.2, -0.15) is 5.26 Å². The van der Waals surface area contributed by atoms with Crippen LogP contribution in [-0.2, 0) is 0 Å². The van der Waals surface area contributed by atoms with E-state index in [4.69, 9.17) is 10.00 Å². The molecule has 4 heteroatoms. The van der Waals surface area contributed by atoms with Gasteiger partial charge in [0.25, 0.3) is 0 Å². The average molecular weight is 247 g/mol. The number of nitrogens with zero attached hydrogens (tertiary/aromatic N) is 3. The van der Waals surface area contributed by atoms with E-state index in [1.165, 1.54) is 0 Å². The first kappa shape index (κ1) is 11.2. The van der Waals surface area contributed by atoms with Crippen molar-refractivity contribution >= 4 is 10.9 Å². The molecule has 0 saturated heterocycles. The normalized spacial score (nSPS) is 10.1. The third-order valence-corrected chi connectivity index (χ3v) is 2.66. The van der Waals surface area contributed by atoms with Crippen LogP contribution in [0.15, 0.2) is 54.9 Å². The van der Waals surface area contributed by atoms with Crippen LogP contribution in [0, 0.1) is 11.3 Å². The summed E-state index contributed by atoms with van der Waals surface area (Å²) in [5.74, 6) is 1.27. The molecule has 0 unspecified atom stereocenters. The van der Waals surface area contributed by atoms with Crippen molar-refractivity contribution in [2.45, 2.75) is 0 Å². The van der Waals surface area contributed by atoms with Gasteiger partial charge in [0.1, 0.15) is 23.3 Å². The minimum absolute atomic E-state index is 0.330. The van der Waals surface area contributed by atoms with E-state index in [2.05, 4.69) is 9.97 Å². The number of benzene rings is 1. The fraction of sp³-hybridized carbons (Fsp3) is 0. The first-order valence-electron chi connectivity index (χ1n) is 5.74. The molecule has 4 nitrogen and oxygen atoms in total. The number of nitriles is 1. The monoisotopic (exact) mass is 247 g/mol. The third-order valence-electron chi connectivity index (χ3n) is 2.66. The standard InChI is InChI=1S/C15H9N3O/c16-10-12-8-14(5-7-17-12)19-13-4-3-11-2-1-6-18-15(11)9-13/h1-9H. The summed E-state index contributed by atoms with van der Waals surface area (Å²) in [5.41, 5.74) is 1.20. The van der Waals surface area contributed by atoms with Gasteiger partial charge in [-0.25, -0.2) is 4.98 Å².